The molecule has 8 heteroatoms. The normalized spacial score (nSPS) is 13.2. The molecule has 1 aliphatic rings. The minimum atomic E-state index is -0.416. The zero-order valence-corrected chi connectivity index (χ0v) is 23.6. The summed E-state index contributed by atoms with van der Waals surface area (Å²) in [6.07, 6.45) is 0. The maximum atomic E-state index is 13.7. The van der Waals surface area contributed by atoms with E-state index in [4.69, 9.17) is 0 Å². The molecule has 3 amide bonds. The zero-order chi connectivity index (χ0) is 27.5. The summed E-state index contributed by atoms with van der Waals surface area (Å²) < 4.78 is 0.904. The van der Waals surface area contributed by atoms with Crippen molar-refractivity contribution in [1.82, 2.24) is 0 Å². The Labute approximate surface area is 239 Å². The molecule has 2 N–H and O–H groups in total. The fraction of sp³-hybridized carbons (Fsp3) is 0.0645. The molecule has 194 valence electrons. The van der Waals surface area contributed by atoms with Gasteiger partial charge in [-0.15, -0.1) is 0 Å². The summed E-state index contributed by atoms with van der Waals surface area (Å²) in [7, 11) is 0. The van der Waals surface area contributed by atoms with Crippen LogP contribution in [0, 0.1) is 13.8 Å². The van der Waals surface area contributed by atoms with E-state index in [-0.39, 0.29) is 11.6 Å². The number of imide groups is 1. The molecule has 0 radical (unpaired) electrons. The molecule has 0 bridgehead atoms. The average Bonchev–Trinajstić information content (AvgIpc) is 3.17. The number of carbonyl (C=O) groups is 3. The summed E-state index contributed by atoms with van der Waals surface area (Å²) in [5, 5.41) is 6.04. The van der Waals surface area contributed by atoms with Crippen LogP contribution in [0.15, 0.2) is 117 Å². The molecular weight excluding hydrogens is 574 g/mol. The third-order valence-electron chi connectivity index (χ3n) is 6.27. The molecule has 0 atom stereocenters. The first kappa shape index (κ1) is 26.5. The highest BCUT2D eigenvalue weighted by atomic mass is 79.9. The molecule has 5 rings (SSSR count). The van der Waals surface area contributed by atoms with Gasteiger partial charge in [0.1, 0.15) is 10.6 Å². The van der Waals surface area contributed by atoms with Crippen LogP contribution in [0.3, 0.4) is 0 Å². The van der Waals surface area contributed by atoms with Crippen LogP contribution in [0.1, 0.15) is 21.5 Å². The summed E-state index contributed by atoms with van der Waals surface area (Å²) in [5.74, 6) is -1.02. The molecule has 4 aromatic rings. The van der Waals surface area contributed by atoms with Crippen LogP contribution in [-0.2, 0) is 9.59 Å². The molecule has 1 heterocycles. The number of anilines is 3. The Hall–Kier alpha value is -4.14. The molecule has 0 fully saturated rings. The van der Waals surface area contributed by atoms with Gasteiger partial charge in [0, 0.05) is 26.3 Å². The van der Waals surface area contributed by atoms with Crippen molar-refractivity contribution in [3.63, 3.8) is 0 Å². The van der Waals surface area contributed by atoms with Crippen molar-refractivity contribution in [2.75, 3.05) is 15.5 Å². The van der Waals surface area contributed by atoms with E-state index in [0.717, 1.165) is 20.5 Å². The Balaban J connectivity index is 1.42. The Morgan fingerprint density at radius 2 is 1.44 bits per heavy atom. The van der Waals surface area contributed by atoms with Gasteiger partial charge in [-0.2, -0.15) is 0 Å². The van der Waals surface area contributed by atoms with Crippen LogP contribution in [-0.4, -0.2) is 17.7 Å². The monoisotopic (exact) mass is 597 g/mol. The highest BCUT2D eigenvalue weighted by molar-refractivity contribution is 9.10. The van der Waals surface area contributed by atoms with Crippen molar-refractivity contribution in [2.24, 2.45) is 0 Å². The number of amides is 3. The number of halogens is 1. The minimum Gasteiger partial charge on any atom is -0.350 e. The maximum Gasteiger partial charge on any atom is 0.283 e. The first-order valence-corrected chi connectivity index (χ1v) is 13.8. The Morgan fingerprint density at radius 1 is 0.769 bits per heavy atom. The van der Waals surface area contributed by atoms with Crippen LogP contribution in [0.25, 0.3) is 0 Å². The molecule has 0 aromatic heterocycles. The summed E-state index contributed by atoms with van der Waals surface area (Å²) in [5.41, 5.74) is 4.68. The SMILES string of the molecule is Cc1ccc(N2C(=O)C(Nc3ccc(Br)cc3)=C(Sc3ccc(NC(=O)c4ccccc4)cc3)C2=O)cc1C. The van der Waals surface area contributed by atoms with Crippen molar-refractivity contribution in [2.45, 2.75) is 18.7 Å². The number of rotatable bonds is 7. The van der Waals surface area contributed by atoms with E-state index in [1.807, 2.05) is 80.6 Å². The van der Waals surface area contributed by atoms with Crippen LogP contribution in [0.2, 0.25) is 0 Å². The van der Waals surface area contributed by atoms with Crippen LogP contribution >= 0.6 is 27.7 Å². The van der Waals surface area contributed by atoms with Gasteiger partial charge in [-0.1, -0.05) is 52.0 Å². The lowest BCUT2D eigenvalue weighted by Gasteiger charge is -2.16. The minimum absolute atomic E-state index is 0.208. The number of hydrogen-bond donors (Lipinski definition) is 2. The number of hydrogen-bond acceptors (Lipinski definition) is 5. The Bertz CT molecular complexity index is 1600. The van der Waals surface area contributed by atoms with Crippen molar-refractivity contribution < 1.29 is 14.4 Å². The number of aryl methyl sites for hydroxylation is 2. The average molecular weight is 599 g/mol. The van der Waals surface area contributed by atoms with Gasteiger partial charge >= 0.3 is 0 Å². The van der Waals surface area contributed by atoms with E-state index in [1.165, 1.54) is 16.7 Å². The van der Waals surface area contributed by atoms with Crippen molar-refractivity contribution in [3.8, 4) is 0 Å². The molecule has 39 heavy (non-hydrogen) atoms. The second-order valence-corrected chi connectivity index (χ2v) is 11.0. The molecule has 4 aromatic carbocycles. The summed E-state index contributed by atoms with van der Waals surface area (Å²) in [6.45, 7) is 3.94. The van der Waals surface area contributed by atoms with Gasteiger partial charge < -0.3 is 10.6 Å². The van der Waals surface area contributed by atoms with Crippen molar-refractivity contribution >= 4 is 62.5 Å². The lowest BCUT2D eigenvalue weighted by Crippen LogP contribution is -2.32. The van der Waals surface area contributed by atoms with Crippen LogP contribution in [0.4, 0.5) is 17.1 Å². The second kappa shape index (κ2) is 11.3. The maximum absolute atomic E-state index is 13.7. The summed E-state index contributed by atoms with van der Waals surface area (Å²) in [4.78, 5) is 42.0. The van der Waals surface area contributed by atoms with Gasteiger partial charge in [-0.05, 0) is 97.8 Å². The fourth-order valence-corrected chi connectivity index (χ4v) is 5.20. The van der Waals surface area contributed by atoms with E-state index >= 15 is 0 Å². The summed E-state index contributed by atoms with van der Waals surface area (Å²) in [6, 6.07) is 29.1. The molecule has 0 saturated carbocycles. The first-order valence-electron chi connectivity index (χ1n) is 12.2. The molecule has 0 aliphatic carbocycles. The largest absolute Gasteiger partial charge is 0.350 e. The molecule has 6 nitrogen and oxygen atoms in total. The van der Waals surface area contributed by atoms with Gasteiger partial charge in [0.25, 0.3) is 17.7 Å². The van der Waals surface area contributed by atoms with Gasteiger partial charge in [0.15, 0.2) is 0 Å². The molecule has 0 unspecified atom stereocenters. The Kier molecular flexibility index (Phi) is 7.67. The van der Waals surface area contributed by atoms with E-state index in [2.05, 4.69) is 26.6 Å². The number of nitrogens with zero attached hydrogens (tertiary/aromatic N) is 1. The molecule has 0 saturated heterocycles. The quantitative estimate of drug-likeness (QED) is 0.218. The number of nitrogens with one attached hydrogen (secondary N) is 2. The topological polar surface area (TPSA) is 78.5 Å². The predicted octanol–water partition coefficient (Wildman–Crippen LogP) is 7.31. The standard InChI is InChI=1S/C31H24BrN3O3S/c1-19-8-15-25(18-20(19)2)35-30(37)27(33-23-11-9-22(32)10-12-23)28(31(35)38)39-26-16-13-24(14-17-26)34-29(36)21-6-4-3-5-7-21/h3-18,33H,1-2H3,(H,34,36). The Morgan fingerprint density at radius 3 is 2.10 bits per heavy atom. The van der Waals surface area contributed by atoms with Gasteiger partial charge in [-0.25, -0.2) is 4.90 Å². The number of carbonyl (C=O) groups excluding carboxylic acids is 3. The zero-order valence-electron chi connectivity index (χ0n) is 21.2. The van der Waals surface area contributed by atoms with Gasteiger partial charge in [0.2, 0.25) is 0 Å². The number of benzene rings is 4. The lowest BCUT2D eigenvalue weighted by atomic mass is 10.1. The first-order chi connectivity index (χ1) is 18.8. The van der Waals surface area contributed by atoms with E-state index in [0.29, 0.717) is 27.5 Å². The smallest absolute Gasteiger partial charge is 0.283 e. The highest BCUT2D eigenvalue weighted by Gasteiger charge is 2.40. The van der Waals surface area contributed by atoms with Crippen LogP contribution in [0.5, 0.6) is 0 Å². The van der Waals surface area contributed by atoms with E-state index in [9.17, 15) is 14.4 Å². The molecule has 0 spiro atoms. The molecular formula is C31H24BrN3O3S. The highest BCUT2D eigenvalue weighted by Crippen LogP contribution is 2.38. The van der Waals surface area contributed by atoms with E-state index < -0.39 is 11.8 Å². The lowest BCUT2D eigenvalue weighted by molar-refractivity contribution is -0.120. The molecule has 1 aliphatic heterocycles. The number of thioether (sulfide) groups is 1. The van der Waals surface area contributed by atoms with Gasteiger partial charge in [-0.3, -0.25) is 14.4 Å². The summed E-state index contributed by atoms with van der Waals surface area (Å²) >= 11 is 4.63. The predicted molar refractivity (Wildman–Crippen MR) is 160 cm³/mol. The second-order valence-electron chi connectivity index (χ2n) is 9.00. The third kappa shape index (κ3) is 5.82. The third-order valence-corrected chi connectivity index (χ3v) is 7.89. The fourth-order valence-electron chi connectivity index (χ4n) is 4.01. The van der Waals surface area contributed by atoms with Crippen molar-refractivity contribution in [3.05, 3.63) is 129 Å². The van der Waals surface area contributed by atoms with Crippen molar-refractivity contribution in [1.29, 1.82) is 0 Å². The van der Waals surface area contributed by atoms with E-state index in [1.54, 1.807) is 30.3 Å². The van der Waals surface area contributed by atoms with Gasteiger partial charge in [0.05, 0.1) is 5.69 Å². The van der Waals surface area contributed by atoms with Crippen LogP contribution < -0.4 is 15.5 Å².